The number of phenolic OH excluding ortho intramolecular Hbond substituents is 1. The van der Waals surface area contributed by atoms with E-state index in [-0.39, 0.29) is 29.2 Å². The number of anilines is 1. The van der Waals surface area contributed by atoms with E-state index in [0.717, 1.165) is 18.9 Å². The summed E-state index contributed by atoms with van der Waals surface area (Å²) < 4.78 is 5.60. The molecule has 1 aliphatic rings. The summed E-state index contributed by atoms with van der Waals surface area (Å²) in [7, 11) is 0. The highest BCUT2D eigenvalue weighted by atomic mass is 16.5. The molecule has 0 aromatic heterocycles. The quantitative estimate of drug-likeness (QED) is 0.644. The van der Waals surface area contributed by atoms with Crippen LogP contribution in [0.15, 0.2) is 30.9 Å². The highest BCUT2D eigenvalue weighted by molar-refractivity contribution is 6.02. The molecule has 1 aromatic rings. The fourth-order valence-corrected chi connectivity index (χ4v) is 2.64. The number of rotatable bonds is 5. The Morgan fingerprint density at radius 3 is 3.00 bits per heavy atom. The minimum Gasteiger partial charge on any atom is -0.507 e. The van der Waals surface area contributed by atoms with Gasteiger partial charge in [0.1, 0.15) is 5.75 Å². The van der Waals surface area contributed by atoms with Gasteiger partial charge in [-0.1, -0.05) is 6.58 Å². The van der Waals surface area contributed by atoms with Crippen LogP contribution in [0.2, 0.25) is 0 Å². The van der Waals surface area contributed by atoms with E-state index in [1.807, 2.05) is 6.92 Å². The van der Waals surface area contributed by atoms with E-state index in [1.165, 1.54) is 18.2 Å². The number of likely N-dealkylation sites (tertiary alicyclic amines) is 1. The highest BCUT2D eigenvalue weighted by Gasteiger charge is 2.26. The smallest absolute Gasteiger partial charge is 0.257 e. The molecule has 1 aromatic carbocycles. The molecule has 2 N–H and O–H groups in total. The van der Waals surface area contributed by atoms with Crippen LogP contribution in [0.3, 0.4) is 0 Å². The number of benzene rings is 1. The number of carbonyl (C=O) groups excluding carboxylic acids is 2. The second-order valence-corrected chi connectivity index (χ2v) is 5.40. The number of nitrogens with one attached hydrogen (secondary N) is 1. The molecule has 1 fully saturated rings. The molecule has 2 rings (SSSR count). The summed E-state index contributed by atoms with van der Waals surface area (Å²) in [5.41, 5.74) is 0.610. The standard InChI is InChI=1S/C17H22N2O4/c1-3-16(21)18-12-7-8-15(20)14(10-12)17(22)19-9-5-6-13(11-19)23-4-2/h3,7-8,10,13,20H,1,4-6,9,11H2,2H3,(H,18,21). The van der Waals surface area contributed by atoms with Gasteiger partial charge in [0.15, 0.2) is 0 Å². The van der Waals surface area contributed by atoms with Gasteiger partial charge in [0.2, 0.25) is 5.91 Å². The molecule has 0 bridgehead atoms. The molecule has 1 heterocycles. The fourth-order valence-electron chi connectivity index (χ4n) is 2.64. The molecule has 23 heavy (non-hydrogen) atoms. The maximum absolute atomic E-state index is 12.7. The summed E-state index contributed by atoms with van der Waals surface area (Å²) in [4.78, 5) is 25.7. The molecule has 2 amide bonds. The Labute approximate surface area is 135 Å². The Morgan fingerprint density at radius 2 is 2.30 bits per heavy atom. The Bertz CT molecular complexity index is 598. The molecule has 0 spiro atoms. The number of hydrogen-bond donors (Lipinski definition) is 2. The van der Waals surface area contributed by atoms with E-state index in [2.05, 4.69) is 11.9 Å². The first-order chi connectivity index (χ1) is 11.0. The Morgan fingerprint density at radius 1 is 1.52 bits per heavy atom. The maximum atomic E-state index is 12.7. The van der Waals surface area contributed by atoms with Crippen molar-refractivity contribution in [2.45, 2.75) is 25.9 Å². The SMILES string of the molecule is C=CC(=O)Nc1ccc(O)c(C(=O)N2CCCC(OCC)C2)c1. The molecule has 0 radical (unpaired) electrons. The molecule has 1 unspecified atom stereocenters. The Hall–Kier alpha value is -2.34. The first kappa shape index (κ1) is 17.0. The number of amides is 2. The normalized spacial score (nSPS) is 17.6. The van der Waals surface area contributed by atoms with Crippen molar-refractivity contribution in [3.05, 3.63) is 36.4 Å². The average molecular weight is 318 g/mol. The van der Waals surface area contributed by atoms with Gasteiger partial charge in [-0.25, -0.2) is 0 Å². The average Bonchev–Trinajstić information content (AvgIpc) is 2.56. The summed E-state index contributed by atoms with van der Waals surface area (Å²) in [5, 5.41) is 12.6. The summed E-state index contributed by atoms with van der Waals surface area (Å²) in [6.07, 6.45) is 2.97. The van der Waals surface area contributed by atoms with Gasteiger partial charge in [-0.2, -0.15) is 0 Å². The minimum atomic E-state index is -0.372. The van der Waals surface area contributed by atoms with Crippen molar-refractivity contribution in [1.82, 2.24) is 4.90 Å². The number of phenols is 1. The predicted octanol–water partition coefficient (Wildman–Crippen LogP) is 2.16. The zero-order valence-corrected chi connectivity index (χ0v) is 13.2. The molecule has 124 valence electrons. The van der Waals surface area contributed by atoms with Gasteiger partial charge in [0, 0.05) is 25.4 Å². The van der Waals surface area contributed by atoms with Gasteiger partial charge < -0.3 is 20.1 Å². The lowest BCUT2D eigenvalue weighted by Gasteiger charge is -2.32. The van der Waals surface area contributed by atoms with E-state index in [0.29, 0.717) is 25.4 Å². The third-order valence-corrected chi connectivity index (χ3v) is 3.75. The van der Waals surface area contributed by atoms with E-state index in [1.54, 1.807) is 4.90 Å². The first-order valence-corrected chi connectivity index (χ1v) is 7.72. The Kier molecular flexibility index (Phi) is 5.76. The van der Waals surface area contributed by atoms with E-state index in [4.69, 9.17) is 4.74 Å². The van der Waals surface area contributed by atoms with Crippen LogP contribution >= 0.6 is 0 Å². The van der Waals surface area contributed by atoms with Gasteiger partial charge in [0.05, 0.1) is 11.7 Å². The monoisotopic (exact) mass is 318 g/mol. The third-order valence-electron chi connectivity index (χ3n) is 3.75. The summed E-state index contributed by atoms with van der Waals surface area (Å²) in [6.45, 7) is 7.06. The highest BCUT2D eigenvalue weighted by Crippen LogP contribution is 2.25. The van der Waals surface area contributed by atoms with Crippen LogP contribution < -0.4 is 5.32 Å². The molecular formula is C17H22N2O4. The van der Waals surface area contributed by atoms with Crippen molar-refractivity contribution in [2.24, 2.45) is 0 Å². The number of ether oxygens (including phenoxy) is 1. The molecule has 0 saturated carbocycles. The topological polar surface area (TPSA) is 78.9 Å². The van der Waals surface area contributed by atoms with Crippen LogP contribution in [-0.2, 0) is 9.53 Å². The lowest BCUT2D eigenvalue weighted by Crippen LogP contribution is -2.43. The second-order valence-electron chi connectivity index (χ2n) is 5.40. The van der Waals surface area contributed by atoms with Gasteiger partial charge in [0.25, 0.3) is 5.91 Å². The number of hydrogen-bond acceptors (Lipinski definition) is 4. The van der Waals surface area contributed by atoms with Gasteiger partial charge in [-0.3, -0.25) is 9.59 Å². The molecule has 6 heteroatoms. The van der Waals surface area contributed by atoms with Crippen molar-refractivity contribution >= 4 is 17.5 Å². The molecule has 1 atom stereocenters. The first-order valence-electron chi connectivity index (χ1n) is 7.72. The van der Waals surface area contributed by atoms with Crippen LogP contribution in [0, 0.1) is 0 Å². The predicted molar refractivity (Wildman–Crippen MR) is 87.5 cm³/mol. The lowest BCUT2D eigenvalue weighted by molar-refractivity contribution is -0.111. The van der Waals surface area contributed by atoms with Crippen LogP contribution in [0.5, 0.6) is 5.75 Å². The summed E-state index contributed by atoms with van der Waals surface area (Å²) in [5.74, 6) is -0.741. The molecule has 6 nitrogen and oxygen atoms in total. The van der Waals surface area contributed by atoms with Crippen LogP contribution in [0.1, 0.15) is 30.1 Å². The van der Waals surface area contributed by atoms with Crippen molar-refractivity contribution < 1.29 is 19.4 Å². The van der Waals surface area contributed by atoms with Crippen LogP contribution in [0.4, 0.5) is 5.69 Å². The molecule has 1 aliphatic heterocycles. The third kappa shape index (κ3) is 4.32. The molecular weight excluding hydrogens is 296 g/mol. The number of carbonyl (C=O) groups is 2. The zero-order valence-electron chi connectivity index (χ0n) is 13.2. The fraction of sp³-hybridized carbons (Fsp3) is 0.412. The van der Waals surface area contributed by atoms with Gasteiger partial charge >= 0.3 is 0 Å². The van der Waals surface area contributed by atoms with E-state index < -0.39 is 0 Å². The van der Waals surface area contributed by atoms with Crippen LogP contribution in [0.25, 0.3) is 0 Å². The second kappa shape index (κ2) is 7.78. The van der Waals surface area contributed by atoms with Crippen molar-refractivity contribution in [3.8, 4) is 5.75 Å². The van der Waals surface area contributed by atoms with Crippen LogP contribution in [-0.4, -0.2) is 47.6 Å². The minimum absolute atomic E-state index is 0.0310. The van der Waals surface area contributed by atoms with Gasteiger partial charge in [-0.15, -0.1) is 0 Å². The van der Waals surface area contributed by atoms with E-state index in [9.17, 15) is 14.7 Å². The van der Waals surface area contributed by atoms with E-state index >= 15 is 0 Å². The Balaban J connectivity index is 2.16. The van der Waals surface area contributed by atoms with Crippen molar-refractivity contribution in [1.29, 1.82) is 0 Å². The number of piperidine rings is 1. The molecule has 1 saturated heterocycles. The van der Waals surface area contributed by atoms with Crippen molar-refractivity contribution in [3.63, 3.8) is 0 Å². The molecule has 0 aliphatic carbocycles. The summed E-state index contributed by atoms with van der Waals surface area (Å²) >= 11 is 0. The van der Waals surface area contributed by atoms with Crippen molar-refractivity contribution in [2.75, 3.05) is 25.0 Å². The number of nitrogens with zero attached hydrogens (tertiary/aromatic N) is 1. The summed E-state index contributed by atoms with van der Waals surface area (Å²) in [6, 6.07) is 4.41. The maximum Gasteiger partial charge on any atom is 0.257 e. The van der Waals surface area contributed by atoms with Gasteiger partial charge in [-0.05, 0) is 44.0 Å². The largest absolute Gasteiger partial charge is 0.507 e. The lowest BCUT2D eigenvalue weighted by atomic mass is 10.1. The zero-order chi connectivity index (χ0) is 16.8. The number of aromatic hydroxyl groups is 1.